The molecule has 0 bridgehead atoms. The van der Waals surface area contributed by atoms with Crippen molar-refractivity contribution in [3.8, 4) is 11.8 Å². The molecule has 0 saturated heterocycles. The summed E-state index contributed by atoms with van der Waals surface area (Å²) in [4.78, 5) is 8.02. The topological polar surface area (TPSA) is 61.7 Å². The standard InChI is InChI=1S/C19H22ClN3O/c1-12(2)18-11-22-19(23-18)13-3-6-15(7-4-13)24-16-8-5-14(10-21)17(20)9-16/h5,8-9,11-13,15H,3-4,6-7H2,1-2H3,(H,22,23). The summed E-state index contributed by atoms with van der Waals surface area (Å²) in [5.41, 5.74) is 1.68. The Morgan fingerprint density at radius 1 is 1.29 bits per heavy atom. The third kappa shape index (κ3) is 3.73. The van der Waals surface area contributed by atoms with Gasteiger partial charge in [-0.1, -0.05) is 25.4 Å². The van der Waals surface area contributed by atoms with Crippen molar-refractivity contribution in [3.63, 3.8) is 0 Å². The first-order valence-corrected chi connectivity index (χ1v) is 8.85. The molecule has 1 N–H and O–H groups in total. The molecule has 0 radical (unpaired) electrons. The number of benzene rings is 1. The average Bonchev–Trinajstić information content (AvgIpc) is 3.06. The van der Waals surface area contributed by atoms with Crippen LogP contribution in [0.2, 0.25) is 5.02 Å². The quantitative estimate of drug-likeness (QED) is 0.833. The summed E-state index contributed by atoms with van der Waals surface area (Å²) < 4.78 is 6.04. The molecule has 1 heterocycles. The average molecular weight is 344 g/mol. The molecule has 1 aromatic heterocycles. The fourth-order valence-electron chi connectivity index (χ4n) is 3.16. The Labute approximate surface area is 147 Å². The van der Waals surface area contributed by atoms with Gasteiger partial charge in [-0.05, 0) is 43.7 Å². The molecule has 3 rings (SSSR count). The zero-order valence-corrected chi connectivity index (χ0v) is 14.8. The molecular formula is C19H22ClN3O. The van der Waals surface area contributed by atoms with Crippen molar-refractivity contribution in [2.45, 2.75) is 57.5 Å². The molecule has 4 nitrogen and oxygen atoms in total. The number of halogens is 1. The number of ether oxygens (including phenoxy) is 1. The van der Waals surface area contributed by atoms with Crippen molar-refractivity contribution >= 4 is 11.6 Å². The second kappa shape index (κ2) is 7.27. The van der Waals surface area contributed by atoms with Gasteiger partial charge >= 0.3 is 0 Å². The number of hydrogen-bond acceptors (Lipinski definition) is 3. The van der Waals surface area contributed by atoms with E-state index in [-0.39, 0.29) is 6.10 Å². The number of imidazole rings is 1. The molecule has 1 fully saturated rings. The SMILES string of the molecule is CC(C)c1cnc(C2CCC(Oc3ccc(C#N)c(Cl)c3)CC2)[nH]1. The molecule has 1 saturated carbocycles. The number of H-pyrrole nitrogens is 1. The van der Waals surface area contributed by atoms with Crippen LogP contribution < -0.4 is 4.74 Å². The summed E-state index contributed by atoms with van der Waals surface area (Å²) in [6.45, 7) is 4.34. The highest BCUT2D eigenvalue weighted by Crippen LogP contribution is 2.34. The number of nitriles is 1. The normalized spacial score (nSPS) is 20.8. The largest absolute Gasteiger partial charge is 0.490 e. The van der Waals surface area contributed by atoms with Crippen LogP contribution in [0, 0.1) is 11.3 Å². The van der Waals surface area contributed by atoms with Crippen LogP contribution in [0.4, 0.5) is 0 Å². The highest BCUT2D eigenvalue weighted by atomic mass is 35.5. The summed E-state index contributed by atoms with van der Waals surface area (Å²) in [7, 11) is 0. The van der Waals surface area contributed by atoms with Gasteiger partial charge in [0, 0.05) is 23.9 Å². The van der Waals surface area contributed by atoms with E-state index in [1.807, 2.05) is 12.3 Å². The Hall–Kier alpha value is -1.99. The van der Waals surface area contributed by atoms with Crippen molar-refractivity contribution in [2.75, 3.05) is 0 Å². The van der Waals surface area contributed by atoms with Gasteiger partial charge in [0.25, 0.3) is 0 Å². The molecule has 1 aliphatic carbocycles. The first-order chi connectivity index (χ1) is 11.6. The lowest BCUT2D eigenvalue weighted by Crippen LogP contribution is -2.23. The van der Waals surface area contributed by atoms with E-state index in [9.17, 15) is 0 Å². The lowest BCUT2D eigenvalue weighted by Gasteiger charge is -2.28. The summed E-state index contributed by atoms with van der Waals surface area (Å²) >= 11 is 6.06. The summed E-state index contributed by atoms with van der Waals surface area (Å²) in [5, 5.41) is 9.36. The fourth-order valence-corrected chi connectivity index (χ4v) is 3.37. The zero-order chi connectivity index (χ0) is 17.1. The first-order valence-electron chi connectivity index (χ1n) is 8.48. The van der Waals surface area contributed by atoms with Crippen LogP contribution in [0.3, 0.4) is 0 Å². The Kier molecular flexibility index (Phi) is 5.11. The molecule has 0 atom stereocenters. The highest BCUT2D eigenvalue weighted by Gasteiger charge is 2.25. The lowest BCUT2D eigenvalue weighted by atomic mass is 9.87. The highest BCUT2D eigenvalue weighted by molar-refractivity contribution is 6.31. The van der Waals surface area contributed by atoms with E-state index in [4.69, 9.17) is 21.6 Å². The van der Waals surface area contributed by atoms with Gasteiger partial charge in [0.15, 0.2) is 0 Å². The Bertz CT molecular complexity index is 739. The number of rotatable bonds is 4. The van der Waals surface area contributed by atoms with E-state index in [0.717, 1.165) is 37.3 Å². The van der Waals surface area contributed by atoms with Gasteiger partial charge in [-0.3, -0.25) is 0 Å². The molecule has 2 aromatic rings. The smallest absolute Gasteiger partial charge is 0.121 e. The Morgan fingerprint density at radius 2 is 2.04 bits per heavy atom. The van der Waals surface area contributed by atoms with Crippen LogP contribution in [-0.4, -0.2) is 16.1 Å². The summed E-state index contributed by atoms with van der Waals surface area (Å²) in [6, 6.07) is 7.32. The molecule has 0 amide bonds. The van der Waals surface area contributed by atoms with Gasteiger partial charge < -0.3 is 9.72 Å². The van der Waals surface area contributed by atoms with E-state index < -0.39 is 0 Å². The number of nitrogens with one attached hydrogen (secondary N) is 1. The maximum Gasteiger partial charge on any atom is 0.121 e. The minimum absolute atomic E-state index is 0.199. The second-order valence-corrected chi connectivity index (χ2v) is 7.13. The number of nitrogens with zero attached hydrogens (tertiary/aromatic N) is 2. The van der Waals surface area contributed by atoms with Crippen LogP contribution in [-0.2, 0) is 0 Å². The third-order valence-corrected chi connectivity index (χ3v) is 4.97. The molecule has 126 valence electrons. The minimum atomic E-state index is 0.199. The molecule has 1 aliphatic rings. The van der Waals surface area contributed by atoms with Crippen molar-refractivity contribution in [2.24, 2.45) is 0 Å². The van der Waals surface area contributed by atoms with Gasteiger partial charge in [-0.2, -0.15) is 5.26 Å². The monoisotopic (exact) mass is 343 g/mol. The molecule has 0 aliphatic heterocycles. The van der Waals surface area contributed by atoms with Crippen LogP contribution >= 0.6 is 11.6 Å². The predicted molar refractivity (Wildman–Crippen MR) is 94.5 cm³/mol. The zero-order valence-electron chi connectivity index (χ0n) is 14.1. The van der Waals surface area contributed by atoms with E-state index >= 15 is 0 Å². The van der Waals surface area contributed by atoms with E-state index in [0.29, 0.717) is 22.4 Å². The first kappa shape index (κ1) is 16.9. The molecule has 24 heavy (non-hydrogen) atoms. The summed E-state index contributed by atoms with van der Waals surface area (Å²) in [6.07, 6.45) is 6.30. The van der Waals surface area contributed by atoms with E-state index in [2.05, 4.69) is 29.9 Å². The van der Waals surface area contributed by atoms with E-state index in [1.165, 1.54) is 5.69 Å². The molecule has 0 spiro atoms. The van der Waals surface area contributed by atoms with Crippen LogP contribution in [0.1, 0.15) is 68.4 Å². The fraction of sp³-hybridized carbons (Fsp3) is 0.474. The van der Waals surface area contributed by atoms with Crippen LogP contribution in [0.15, 0.2) is 24.4 Å². The van der Waals surface area contributed by atoms with Crippen LogP contribution in [0.5, 0.6) is 5.75 Å². The van der Waals surface area contributed by atoms with Gasteiger partial charge in [0.05, 0.1) is 16.7 Å². The van der Waals surface area contributed by atoms with Gasteiger partial charge in [0.1, 0.15) is 17.6 Å². The van der Waals surface area contributed by atoms with Crippen molar-refractivity contribution in [1.29, 1.82) is 5.26 Å². The lowest BCUT2D eigenvalue weighted by molar-refractivity contribution is 0.145. The van der Waals surface area contributed by atoms with E-state index in [1.54, 1.807) is 12.1 Å². The maximum atomic E-state index is 8.92. The van der Waals surface area contributed by atoms with Crippen molar-refractivity contribution < 1.29 is 4.74 Å². The molecule has 5 heteroatoms. The molecule has 1 aromatic carbocycles. The third-order valence-electron chi connectivity index (χ3n) is 4.66. The van der Waals surface area contributed by atoms with Crippen molar-refractivity contribution in [1.82, 2.24) is 9.97 Å². The maximum absolute atomic E-state index is 8.92. The number of aromatic amines is 1. The minimum Gasteiger partial charge on any atom is -0.490 e. The van der Waals surface area contributed by atoms with Crippen molar-refractivity contribution in [3.05, 3.63) is 46.5 Å². The number of aromatic nitrogens is 2. The van der Waals surface area contributed by atoms with Gasteiger partial charge in [-0.15, -0.1) is 0 Å². The van der Waals surface area contributed by atoms with Gasteiger partial charge in [0.2, 0.25) is 0 Å². The predicted octanol–water partition coefficient (Wildman–Crippen LogP) is 5.16. The summed E-state index contributed by atoms with van der Waals surface area (Å²) in [5.74, 6) is 2.81. The Morgan fingerprint density at radius 3 is 2.62 bits per heavy atom. The Balaban J connectivity index is 1.57. The molecule has 0 unspecified atom stereocenters. The molecular weight excluding hydrogens is 322 g/mol. The van der Waals surface area contributed by atoms with Gasteiger partial charge in [-0.25, -0.2) is 4.98 Å². The second-order valence-electron chi connectivity index (χ2n) is 6.72. The van der Waals surface area contributed by atoms with Crippen LogP contribution in [0.25, 0.3) is 0 Å². The number of hydrogen-bond donors (Lipinski definition) is 1.